The van der Waals surface area contributed by atoms with Crippen molar-refractivity contribution < 1.29 is 0 Å². The molecule has 0 unspecified atom stereocenters. The first kappa shape index (κ1) is 17.4. The smallest absolute Gasteiger partial charge is 0.0113 e. The third-order valence-corrected chi connectivity index (χ3v) is 6.54. The Morgan fingerprint density at radius 1 is 0.619 bits per heavy atom. The standard InChI is InChI=1S/C20H36S/c1-2-4-7-13-19(12-6-3-1)14-10-11-17-21-18-20-15-8-5-9-16-20/h10-11,19-20H,1-9,12-18H2/b11-10-. The third kappa shape index (κ3) is 8.33. The van der Waals surface area contributed by atoms with Crippen molar-refractivity contribution in [2.24, 2.45) is 11.8 Å². The molecule has 0 N–H and O–H groups in total. The summed E-state index contributed by atoms with van der Waals surface area (Å²) in [5.41, 5.74) is 0. The Kier molecular flexibility index (Phi) is 9.66. The highest BCUT2D eigenvalue weighted by atomic mass is 32.2. The summed E-state index contributed by atoms with van der Waals surface area (Å²) in [5.74, 6) is 4.69. The topological polar surface area (TPSA) is 0 Å². The van der Waals surface area contributed by atoms with Gasteiger partial charge in [0, 0.05) is 5.75 Å². The molecule has 2 fully saturated rings. The van der Waals surface area contributed by atoms with Gasteiger partial charge in [-0.25, -0.2) is 0 Å². The fraction of sp³-hybridized carbons (Fsp3) is 0.900. The van der Waals surface area contributed by atoms with Gasteiger partial charge in [-0.3, -0.25) is 0 Å². The van der Waals surface area contributed by atoms with Crippen LogP contribution in [0.4, 0.5) is 0 Å². The van der Waals surface area contributed by atoms with Crippen LogP contribution in [0.1, 0.15) is 89.9 Å². The molecule has 0 spiro atoms. The first-order chi connectivity index (χ1) is 10.4. The van der Waals surface area contributed by atoms with Crippen molar-refractivity contribution in [2.45, 2.75) is 89.9 Å². The molecule has 2 aliphatic carbocycles. The minimum atomic E-state index is 0.989. The van der Waals surface area contributed by atoms with Crippen LogP contribution in [-0.2, 0) is 0 Å². The van der Waals surface area contributed by atoms with E-state index in [1.807, 2.05) is 0 Å². The van der Waals surface area contributed by atoms with Crippen molar-refractivity contribution in [1.29, 1.82) is 0 Å². The van der Waals surface area contributed by atoms with Gasteiger partial charge in [0.15, 0.2) is 0 Å². The fourth-order valence-corrected chi connectivity index (χ4v) is 5.04. The van der Waals surface area contributed by atoms with Gasteiger partial charge in [0.25, 0.3) is 0 Å². The van der Waals surface area contributed by atoms with Gasteiger partial charge in [-0.05, 0) is 36.9 Å². The van der Waals surface area contributed by atoms with Crippen LogP contribution >= 0.6 is 11.8 Å². The molecule has 21 heavy (non-hydrogen) atoms. The molecule has 0 aromatic heterocycles. The van der Waals surface area contributed by atoms with Crippen molar-refractivity contribution in [2.75, 3.05) is 11.5 Å². The monoisotopic (exact) mass is 308 g/mol. The van der Waals surface area contributed by atoms with Crippen molar-refractivity contribution in [3.05, 3.63) is 12.2 Å². The van der Waals surface area contributed by atoms with E-state index in [2.05, 4.69) is 23.9 Å². The lowest BCUT2D eigenvalue weighted by molar-refractivity contribution is 0.391. The largest absolute Gasteiger partial charge is 0.158 e. The van der Waals surface area contributed by atoms with E-state index in [-0.39, 0.29) is 0 Å². The fourth-order valence-electron chi connectivity index (χ4n) is 3.97. The molecule has 0 aromatic carbocycles. The SMILES string of the molecule is C(=C/CC1CCCCCCCC1)/CSCC1CCCCC1. The minimum Gasteiger partial charge on any atom is -0.158 e. The average molecular weight is 309 g/mol. The van der Waals surface area contributed by atoms with Crippen LogP contribution < -0.4 is 0 Å². The molecule has 0 amide bonds. The molecule has 1 heteroatoms. The summed E-state index contributed by atoms with van der Waals surface area (Å²) in [6.45, 7) is 0. The summed E-state index contributed by atoms with van der Waals surface area (Å²) in [6, 6.07) is 0. The molecular formula is C20H36S. The normalized spacial score (nSPS) is 23.8. The predicted octanol–water partition coefficient (Wildman–Crippen LogP) is 7.00. The summed E-state index contributed by atoms with van der Waals surface area (Å²) in [5, 5.41) is 0. The van der Waals surface area contributed by atoms with Crippen molar-refractivity contribution in [3.63, 3.8) is 0 Å². The lowest BCUT2D eigenvalue weighted by atomic mass is 9.91. The molecule has 0 radical (unpaired) electrons. The average Bonchev–Trinajstić information content (AvgIpc) is 2.65. The predicted molar refractivity (Wildman–Crippen MR) is 98.1 cm³/mol. The van der Waals surface area contributed by atoms with Gasteiger partial charge >= 0.3 is 0 Å². The highest BCUT2D eigenvalue weighted by Gasteiger charge is 2.12. The summed E-state index contributed by atoms with van der Waals surface area (Å²) >= 11 is 2.17. The van der Waals surface area contributed by atoms with Crippen LogP contribution in [0.3, 0.4) is 0 Å². The zero-order valence-electron chi connectivity index (χ0n) is 14.0. The van der Waals surface area contributed by atoms with Crippen molar-refractivity contribution in [3.8, 4) is 0 Å². The Bertz CT molecular complexity index is 255. The van der Waals surface area contributed by atoms with E-state index in [0.717, 1.165) is 11.8 Å². The highest BCUT2D eigenvalue weighted by molar-refractivity contribution is 7.99. The molecule has 0 saturated heterocycles. The molecule has 2 aliphatic rings. The third-order valence-electron chi connectivity index (χ3n) is 5.40. The van der Waals surface area contributed by atoms with E-state index in [1.54, 1.807) is 0 Å². The van der Waals surface area contributed by atoms with Crippen LogP contribution in [0, 0.1) is 11.8 Å². The molecule has 0 aromatic rings. The van der Waals surface area contributed by atoms with Gasteiger partial charge < -0.3 is 0 Å². The Hall–Kier alpha value is 0.0900. The molecule has 0 nitrogen and oxygen atoms in total. The van der Waals surface area contributed by atoms with Gasteiger partial charge in [-0.2, -0.15) is 11.8 Å². The van der Waals surface area contributed by atoms with Gasteiger partial charge in [-0.15, -0.1) is 0 Å². The van der Waals surface area contributed by atoms with Gasteiger partial charge in [0.05, 0.1) is 0 Å². The highest BCUT2D eigenvalue weighted by Crippen LogP contribution is 2.27. The summed E-state index contributed by atoms with van der Waals surface area (Å²) in [4.78, 5) is 0. The maximum atomic E-state index is 2.50. The molecule has 0 aliphatic heterocycles. The molecule has 122 valence electrons. The number of hydrogen-bond acceptors (Lipinski definition) is 1. The molecule has 0 heterocycles. The van der Waals surface area contributed by atoms with Gasteiger partial charge in [0.1, 0.15) is 0 Å². The Balaban J connectivity index is 1.51. The maximum Gasteiger partial charge on any atom is 0.0113 e. The van der Waals surface area contributed by atoms with Crippen molar-refractivity contribution in [1.82, 2.24) is 0 Å². The molecule has 2 saturated carbocycles. The summed E-state index contributed by atoms with van der Waals surface area (Å²) < 4.78 is 0. The number of hydrogen-bond donors (Lipinski definition) is 0. The number of allylic oxidation sites excluding steroid dienone is 1. The quantitative estimate of drug-likeness (QED) is 0.376. The lowest BCUT2D eigenvalue weighted by Gasteiger charge is -2.20. The summed E-state index contributed by atoms with van der Waals surface area (Å²) in [7, 11) is 0. The first-order valence-electron chi connectivity index (χ1n) is 9.68. The van der Waals surface area contributed by atoms with Gasteiger partial charge in [-0.1, -0.05) is 82.8 Å². The van der Waals surface area contributed by atoms with E-state index in [9.17, 15) is 0 Å². The van der Waals surface area contributed by atoms with Crippen LogP contribution in [0.25, 0.3) is 0 Å². The van der Waals surface area contributed by atoms with Crippen LogP contribution in [0.2, 0.25) is 0 Å². The van der Waals surface area contributed by atoms with Crippen molar-refractivity contribution >= 4 is 11.8 Å². The second-order valence-electron chi connectivity index (χ2n) is 7.31. The Morgan fingerprint density at radius 2 is 1.14 bits per heavy atom. The van der Waals surface area contributed by atoms with Crippen LogP contribution in [-0.4, -0.2) is 11.5 Å². The van der Waals surface area contributed by atoms with E-state index in [0.29, 0.717) is 0 Å². The first-order valence-corrected chi connectivity index (χ1v) is 10.8. The number of rotatable bonds is 6. The molecule has 0 atom stereocenters. The van der Waals surface area contributed by atoms with E-state index in [1.165, 1.54) is 101 Å². The number of thioether (sulfide) groups is 1. The van der Waals surface area contributed by atoms with E-state index in [4.69, 9.17) is 0 Å². The molecule has 0 bridgehead atoms. The zero-order chi connectivity index (χ0) is 14.6. The molecule has 2 rings (SSSR count). The van der Waals surface area contributed by atoms with Crippen LogP contribution in [0.15, 0.2) is 12.2 Å². The Morgan fingerprint density at radius 3 is 1.81 bits per heavy atom. The lowest BCUT2D eigenvalue weighted by Crippen LogP contribution is -2.08. The maximum absolute atomic E-state index is 2.50. The summed E-state index contributed by atoms with van der Waals surface area (Å²) in [6.07, 6.45) is 25.6. The van der Waals surface area contributed by atoms with E-state index < -0.39 is 0 Å². The zero-order valence-corrected chi connectivity index (χ0v) is 14.8. The second-order valence-corrected chi connectivity index (χ2v) is 8.39. The van der Waals surface area contributed by atoms with E-state index >= 15 is 0 Å². The van der Waals surface area contributed by atoms with Gasteiger partial charge in [0.2, 0.25) is 0 Å². The second kappa shape index (κ2) is 11.6. The van der Waals surface area contributed by atoms with Crippen LogP contribution in [0.5, 0.6) is 0 Å². The minimum absolute atomic E-state index is 0.989. The molecular weight excluding hydrogens is 272 g/mol. The Labute approximate surface area is 137 Å².